The van der Waals surface area contributed by atoms with Gasteiger partial charge in [0.25, 0.3) is 0 Å². The predicted molar refractivity (Wildman–Crippen MR) is 93.5 cm³/mol. The monoisotopic (exact) mass is 292 g/mol. The summed E-state index contributed by atoms with van der Waals surface area (Å²) in [5.41, 5.74) is 9.26. The van der Waals surface area contributed by atoms with Crippen LogP contribution in [-0.2, 0) is 0 Å². The van der Waals surface area contributed by atoms with Gasteiger partial charge in [-0.3, -0.25) is 0 Å². The van der Waals surface area contributed by atoms with Crippen LogP contribution < -0.4 is 4.74 Å². The smallest absolute Gasteiger partial charge is 0.134 e. The van der Waals surface area contributed by atoms with Gasteiger partial charge in [0.1, 0.15) is 11.5 Å². The number of ether oxygens (including phenoxy) is 1. The van der Waals surface area contributed by atoms with E-state index >= 15 is 0 Å². The first-order valence-corrected chi connectivity index (χ1v) is 7.97. The summed E-state index contributed by atoms with van der Waals surface area (Å²) in [6, 6.07) is 10.6. The molecule has 2 aromatic rings. The molecule has 0 saturated carbocycles. The van der Waals surface area contributed by atoms with E-state index in [1.54, 1.807) is 0 Å². The van der Waals surface area contributed by atoms with E-state index in [1.807, 2.05) is 0 Å². The van der Waals surface area contributed by atoms with Gasteiger partial charge in [0.2, 0.25) is 0 Å². The lowest BCUT2D eigenvalue weighted by atomic mass is 9.81. The highest BCUT2D eigenvalue weighted by Gasteiger charge is 2.28. The van der Waals surface area contributed by atoms with Crippen LogP contribution in [0.25, 0.3) is 11.1 Å². The number of hydrogen-bond donors (Lipinski definition) is 0. The zero-order chi connectivity index (χ0) is 16.0. The number of hydrogen-bond acceptors (Lipinski definition) is 1. The van der Waals surface area contributed by atoms with Gasteiger partial charge >= 0.3 is 0 Å². The molecule has 114 valence electrons. The van der Waals surface area contributed by atoms with Crippen LogP contribution in [-0.4, -0.2) is 0 Å². The fourth-order valence-corrected chi connectivity index (χ4v) is 3.60. The third kappa shape index (κ3) is 2.08. The molecule has 0 aromatic heterocycles. The molecular formula is C21H24O. The highest BCUT2D eigenvalue weighted by atomic mass is 16.5. The summed E-state index contributed by atoms with van der Waals surface area (Å²) in [7, 11) is 0. The van der Waals surface area contributed by atoms with Crippen LogP contribution in [0.2, 0.25) is 0 Å². The fourth-order valence-electron chi connectivity index (χ4n) is 3.60. The van der Waals surface area contributed by atoms with Gasteiger partial charge < -0.3 is 4.74 Å². The standard InChI is InChI=1S/C21H24O/c1-12-13(2)20-15(4)14(3)19(18-10-8-7-9-11-18)16(5)21(20)22-17(12)6/h7-11,13H,1-6H3. The van der Waals surface area contributed by atoms with E-state index in [0.29, 0.717) is 5.92 Å². The normalized spacial score (nSPS) is 17.3. The van der Waals surface area contributed by atoms with Crippen molar-refractivity contribution in [2.24, 2.45) is 0 Å². The highest BCUT2D eigenvalue weighted by molar-refractivity contribution is 5.77. The lowest BCUT2D eigenvalue weighted by molar-refractivity contribution is 0.391. The summed E-state index contributed by atoms with van der Waals surface area (Å²) < 4.78 is 6.22. The van der Waals surface area contributed by atoms with Crippen molar-refractivity contribution in [1.29, 1.82) is 0 Å². The molecule has 0 saturated heterocycles. The molecule has 22 heavy (non-hydrogen) atoms. The zero-order valence-electron chi connectivity index (χ0n) is 14.4. The maximum atomic E-state index is 6.22. The van der Waals surface area contributed by atoms with E-state index < -0.39 is 0 Å². The molecule has 0 amide bonds. The van der Waals surface area contributed by atoms with Crippen LogP contribution in [0, 0.1) is 20.8 Å². The minimum Gasteiger partial charge on any atom is -0.461 e. The predicted octanol–water partition coefficient (Wildman–Crippen LogP) is 6.07. The van der Waals surface area contributed by atoms with Gasteiger partial charge in [0, 0.05) is 17.0 Å². The highest BCUT2D eigenvalue weighted by Crippen LogP contribution is 2.47. The maximum Gasteiger partial charge on any atom is 0.134 e. The van der Waals surface area contributed by atoms with Crippen molar-refractivity contribution in [3.05, 3.63) is 63.9 Å². The average Bonchev–Trinajstić information content (AvgIpc) is 2.51. The van der Waals surface area contributed by atoms with E-state index in [-0.39, 0.29) is 0 Å². The SMILES string of the molecule is CC1=C(C)C(C)c2c(C)c(C)c(-c3ccccc3)c(C)c2O1. The quantitative estimate of drug-likeness (QED) is 0.620. The topological polar surface area (TPSA) is 9.23 Å². The van der Waals surface area contributed by atoms with Crippen LogP contribution in [0.15, 0.2) is 41.7 Å². The second-order valence-corrected chi connectivity index (χ2v) is 6.42. The van der Waals surface area contributed by atoms with Crippen molar-refractivity contribution in [2.75, 3.05) is 0 Å². The Labute approximate surface area is 133 Å². The fraction of sp³-hybridized carbons (Fsp3) is 0.333. The summed E-state index contributed by atoms with van der Waals surface area (Å²) in [5, 5.41) is 0. The van der Waals surface area contributed by atoms with Gasteiger partial charge in [0.15, 0.2) is 0 Å². The first-order chi connectivity index (χ1) is 10.4. The van der Waals surface area contributed by atoms with Gasteiger partial charge in [-0.25, -0.2) is 0 Å². The summed E-state index contributed by atoms with van der Waals surface area (Å²) >= 11 is 0. The first-order valence-electron chi connectivity index (χ1n) is 7.97. The Kier molecular flexibility index (Phi) is 3.60. The molecule has 1 atom stereocenters. The third-order valence-electron chi connectivity index (χ3n) is 5.26. The van der Waals surface area contributed by atoms with Crippen molar-refractivity contribution in [1.82, 2.24) is 0 Å². The Balaban J connectivity index is 2.32. The van der Waals surface area contributed by atoms with Gasteiger partial charge in [-0.15, -0.1) is 0 Å². The van der Waals surface area contributed by atoms with E-state index in [0.717, 1.165) is 11.5 Å². The van der Waals surface area contributed by atoms with E-state index in [1.165, 1.54) is 39.0 Å². The molecule has 3 rings (SSSR count). The summed E-state index contributed by atoms with van der Waals surface area (Å²) in [6.07, 6.45) is 0. The van der Waals surface area contributed by atoms with Crippen molar-refractivity contribution in [3.63, 3.8) is 0 Å². The number of benzene rings is 2. The largest absolute Gasteiger partial charge is 0.461 e. The summed E-state index contributed by atoms with van der Waals surface area (Å²) in [4.78, 5) is 0. The minimum atomic E-state index is 0.422. The Hall–Kier alpha value is -2.02. The van der Waals surface area contributed by atoms with Crippen LogP contribution >= 0.6 is 0 Å². The van der Waals surface area contributed by atoms with E-state index in [2.05, 4.69) is 71.9 Å². The summed E-state index contributed by atoms with van der Waals surface area (Å²) in [6.45, 7) is 13.2. The molecule has 1 aliphatic heterocycles. The molecule has 1 aliphatic rings. The van der Waals surface area contributed by atoms with Gasteiger partial charge in [-0.1, -0.05) is 37.3 Å². The van der Waals surface area contributed by atoms with Crippen LogP contribution in [0.3, 0.4) is 0 Å². The van der Waals surface area contributed by atoms with Crippen molar-refractivity contribution < 1.29 is 4.74 Å². The molecule has 0 radical (unpaired) electrons. The maximum absolute atomic E-state index is 6.22. The van der Waals surface area contributed by atoms with Crippen molar-refractivity contribution in [3.8, 4) is 16.9 Å². The summed E-state index contributed by atoms with van der Waals surface area (Å²) in [5.74, 6) is 2.54. The van der Waals surface area contributed by atoms with Crippen LogP contribution in [0.5, 0.6) is 5.75 Å². The van der Waals surface area contributed by atoms with Crippen LogP contribution in [0.1, 0.15) is 48.9 Å². The third-order valence-corrected chi connectivity index (χ3v) is 5.26. The van der Waals surface area contributed by atoms with Crippen LogP contribution in [0.4, 0.5) is 0 Å². The number of rotatable bonds is 1. The van der Waals surface area contributed by atoms with Gasteiger partial charge in [-0.2, -0.15) is 0 Å². The molecule has 0 N–H and O–H groups in total. The molecule has 1 heterocycles. The molecule has 1 heteroatoms. The number of fused-ring (bicyclic) bond motifs is 1. The molecule has 1 unspecified atom stereocenters. The molecule has 2 aromatic carbocycles. The lowest BCUT2D eigenvalue weighted by Crippen LogP contribution is -2.15. The Morgan fingerprint density at radius 3 is 2.09 bits per heavy atom. The second-order valence-electron chi connectivity index (χ2n) is 6.42. The second kappa shape index (κ2) is 5.31. The van der Waals surface area contributed by atoms with Crippen molar-refractivity contribution in [2.45, 2.75) is 47.5 Å². The van der Waals surface area contributed by atoms with Crippen molar-refractivity contribution >= 4 is 0 Å². The molecule has 0 fully saturated rings. The Morgan fingerprint density at radius 1 is 0.818 bits per heavy atom. The van der Waals surface area contributed by atoms with E-state index in [4.69, 9.17) is 4.74 Å². The Morgan fingerprint density at radius 2 is 1.45 bits per heavy atom. The molecular weight excluding hydrogens is 268 g/mol. The first kappa shape index (κ1) is 14.9. The Bertz CT molecular complexity index is 766. The molecule has 1 nitrogen and oxygen atoms in total. The van der Waals surface area contributed by atoms with Gasteiger partial charge in [-0.05, 0) is 62.4 Å². The minimum absolute atomic E-state index is 0.422. The number of allylic oxidation sites excluding steroid dienone is 2. The molecule has 0 aliphatic carbocycles. The van der Waals surface area contributed by atoms with E-state index in [9.17, 15) is 0 Å². The molecule has 0 bridgehead atoms. The average molecular weight is 292 g/mol. The molecule has 0 spiro atoms. The van der Waals surface area contributed by atoms with Gasteiger partial charge in [0.05, 0.1) is 0 Å². The zero-order valence-corrected chi connectivity index (χ0v) is 14.4. The lowest BCUT2D eigenvalue weighted by Gasteiger charge is -2.31.